The smallest absolute Gasteiger partial charge is 0.255 e. The summed E-state index contributed by atoms with van der Waals surface area (Å²) in [6.07, 6.45) is 3.40. The molecule has 2 aromatic rings. The van der Waals surface area contributed by atoms with Crippen molar-refractivity contribution < 1.29 is 9.53 Å². The number of carbonyl (C=O) groups is 1. The monoisotopic (exact) mass is 339 g/mol. The van der Waals surface area contributed by atoms with Gasteiger partial charge in [0.1, 0.15) is 5.75 Å². The quantitative estimate of drug-likeness (QED) is 0.858. The second-order valence-electron chi connectivity index (χ2n) is 6.48. The lowest BCUT2D eigenvalue weighted by molar-refractivity contribution is 0.0762. The molecule has 1 saturated heterocycles. The van der Waals surface area contributed by atoms with Gasteiger partial charge in [0.25, 0.3) is 5.91 Å². The van der Waals surface area contributed by atoms with E-state index in [1.807, 2.05) is 41.3 Å². The average Bonchev–Trinajstić information content (AvgIpc) is 2.87. The lowest BCUT2D eigenvalue weighted by Crippen LogP contribution is -2.34. The van der Waals surface area contributed by atoms with Crippen LogP contribution in [0.15, 0.2) is 42.6 Å². The molecule has 132 valence electrons. The molecule has 0 spiro atoms. The molecule has 0 atom stereocenters. The molecule has 25 heavy (non-hydrogen) atoms. The van der Waals surface area contributed by atoms with Gasteiger partial charge in [-0.25, -0.2) is 0 Å². The van der Waals surface area contributed by atoms with Gasteiger partial charge in [0.2, 0.25) is 0 Å². The highest BCUT2D eigenvalue weighted by molar-refractivity contribution is 5.93. The zero-order valence-electron chi connectivity index (χ0n) is 14.9. The van der Waals surface area contributed by atoms with E-state index in [0.717, 1.165) is 49.6 Å². The summed E-state index contributed by atoms with van der Waals surface area (Å²) in [4.78, 5) is 21.4. The number of hydrogen-bond acceptors (Lipinski definition) is 4. The highest BCUT2D eigenvalue weighted by atomic mass is 16.5. The molecule has 0 unspecified atom stereocenters. The van der Waals surface area contributed by atoms with Gasteiger partial charge < -0.3 is 14.5 Å². The van der Waals surface area contributed by atoms with E-state index in [4.69, 9.17) is 4.74 Å². The molecule has 0 saturated carbocycles. The van der Waals surface area contributed by atoms with E-state index in [9.17, 15) is 4.79 Å². The van der Waals surface area contributed by atoms with Crippen LogP contribution in [0.3, 0.4) is 0 Å². The SMILES string of the molecule is COc1ccccc1Cc1ccc(C(=O)N2CCCN(C)CC2)cn1. The fraction of sp³-hybridized carbons (Fsp3) is 0.400. The normalized spacial score (nSPS) is 15.7. The van der Waals surface area contributed by atoms with Crippen LogP contribution < -0.4 is 4.74 Å². The molecule has 5 heteroatoms. The van der Waals surface area contributed by atoms with Gasteiger partial charge in [0.15, 0.2) is 0 Å². The molecule has 1 aromatic heterocycles. The first-order chi connectivity index (χ1) is 12.2. The molecule has 1 aromatic carbocycles. The van der Waals surface area contributed by atoms with Gasteiger partial charge in [0, 0.05) is 43.5 Å². The van der Waals surface area contributed by atoms with Crippen LogP contribution in [0.4, 0.5) is 0 Å². The number of nitrogens with zero attached hydrogens (tertiary/aromatic N) is 3. The molecule has 2 heterocycles. The molecular formula is C20H25N3O2. The standard InChI is InChI=1S/C20H25N3O2/c1-22-10-5-11-23(13-12-22)20(24)17-8-9-18(21-15-17)14-16-6-3-4-7-19(16)25-2/h3-4,6-9,15H,5,10-14H2,1-2H3. The van der Waals surface area contributed by atoms with Crippen LogP contribution in [0.5, 0.6) is 5.75 Å². The topological polar surface area (TPSA) is 45.7 Å². The highest BCUT2D eigenvalue weighted by Gasteiger charge is 2.19. The van der Waals surface area contributed by atoms with E-state index >= 15 is 0 Å². The number of para-hydroxylation sites is 1. The van der Waals surface area contributed by atoms with Crippen LogP contribution in [-0.2, 0) is 6.42 Å². The predicted octanol–water partition coefficient (Wildman–Crippen LogP) is 2.46. The van der Waals surface area contributed by atoms with Crippen molar-refractivity contribution in [2.24, 2.45) is 0 Å². The van der Waals surface area contributed by atoms with E-state index in [0.29, 0.717) is 12.0 Å². The average molecular weight is 339 g/mol. The Bertz CT molecular complexity index is 715. The minimum atomic E-state index is 0.0756. The van der Waals surface area contributed by atoms with E-state index in [-0.39, 0.29) is 5.91 Å². The summed E-state index contributed by atoms with van der Waals surface area (Å²) in [5.41, 5.74) is 2.68. The highest BCUT2D eigenvalue weighted by Crippen LogP contribution is 2.20. The van der Waals surface area contributed by atoms with Crippen molar-refractivity contribution in [2.45, 2.75) is 12.8 Å². The predicted molar refractivity (Wildman–Crippen MR) is 98.1 cm³/mol. The summed E-state index contributed by atoms with van der Waals surface area (Å²) in [5, 5.41) is 0. The maximum Gasteiger partial charge on any atom is 0.255 e. The van der Waals surface area contributed by atoms with Crippen LogP contribution >= 0.6 is 0 Å². The maximum atomic E-state index is 12.7. The Hall–Kier alpha value is -2.40. The summed E-state index contributed by atoms with van der Waals surface area (Å²) in [6, 6.07) is 11.7. The van der Waals surface area contributed by atoms with Crippen molar-refractivity contribution in [3.8, 4) is 5.75 Å². The fourth-order valence-corrected chi connectivity index (χ4v) is 3.13. The van der Waals surface area contributed by atoms with Crippen LogP contribution in [0.1, 0.15) is 28.0 Å². The van der Waals surface area contributed by atoms with Crippen LogP contribution in [0, 0.1) is 0 Å². The summed E-state index contributed by atoms with van der Waals surface area (Å²) < 4.78 is 5.39. The van der Waals surface area contributed by atoms with Gasteiger partial charge in [-0.05, 0) is 38.2 Å². The molecule has 0 N–H and O–H groups in total. The minimum absolute atomic E-state index is 0.0756. The molecule has 1 fully saturated rings. The third kappa shape index (κ3) is 4.37. The molecule has 0 bridgehead atoms. The summed E-state index contributed by atoms with van der Waals surface area (Å²) in [6.45, 7) is 3.55. The van der Waals surface area contributed by atoms with Gasteiger partial charge in [0.05, 0.1) is 12.7 Å². The zero-order chi connectivity index (χ0) is 17.6. The second kappa shape index (κ2) is 8.12. The molecule has 1 amide bonds. The summed E-state index contributed by atoms with van der Waals surface area (Å²) >= 11 is 0. The number of rotatable bonds is 4. The maximum absolute atomic E-state index is 12.7. The van der Waals surface area contributed by atoms with E-state index in [1.165, 1.54) is 0 Å². The lowest BCUT2D eigenvalue weighted by atomic mass is 10.1. The van der Waals surface area contributed by atoms with Crippen LogP contribution in [-0.4, -0.2) is 61.0 Å². The number of pyridine rings is 1. The summed E-state index contributed by atoms with van der Waals surface area (Å²) in [5.74, 6) is 0.935. The molecule has 1 aliphatic rings. The van der Waals surface area contributed by atoms with Gasteiger partial charge in [-0.3, -0.25) is 9.78 Å². The Balaban J connectivity index is 1.68. The number of ether oxygens (including phenoxy) is 1. The van der Waals surface area contributed by atoms with Crippen molar-refractivity contribution >= 4 is 5.91 Å². The Morgan fingerprint density at radius 2 is 1.96 bits per heavy atom. The summed E-state index contributed by atoms with van der Waals surface area (Å²) in [7, 11) is 3.77. The van der Waals surface area contributed by atoms with Crippen LogP contribution in [0.25, 0.3) is 0 Å². The van der Waals surface area contributed by atoms with Crippen molar-refractivity contribution in [3.63, 3.8) is 0 Å². The second-order valence-corrected chi connectivity index (χ2v) is 6.48. The first kappa shape index (κ1) is 17.4. The van der Waals surface area contributed by atoms with Crippen molar-refractivity contribution in [3.05, 3.63) is 59.4 Å². The number of benzene rings is 1. The molecular weight excluding hydrogens is 314 g/mol. The van der Waals surface area contributed by atoms with Gasteiger partial charge >= 0.3 is 0 Å². The van der Waals surface area contributed by atoms with Crippen molar-refractivity contribution in [1.29, 1.82) is 0 Å². The van der Waals surface area contributed by atoms with E-state index < -0.39 is 0 Å². The first-order valence-corrected chi connectivity index (χ1v) is 8.72. The van der Waals surface area contributed by atoms with E-state index in [2.05, 4.69) is 16.9 Å². The lowest BCUT2D eigenvalue weighted by Gasteiger charge is -2.20. The minimum Gasteiger partial charge on any atom is -0.496 e. The Morgan fingerprint density at radius 1 is 1.12 bits per heavy atom. The van der Waals surface area contributed by atoms with E-state index in [1.54, 1.807) is 13.3 Å². The number of carbonyl (C=O) groups excluding carboxylic acids is 1. The molecule has 5 nitrogen and oxygen atoms in total. The third-order valence-electron chi connectivity index (χ3n) is 4.64. The fourth-order valence-electron chi connectivity index (χ4n) is 3.13. The van der Waals surface area contributed by atoms with Crippen molar-refractivity contribution in [2.75, 3.05) is 40.3 Å². The largest absolute Gasteiger partial charge is 0.496 e. The molecule has 1 aliphatic heterocycles. The number of hydrogen-bond donors (Lipinski definition) is 0. The number of likely N-dealkylation sites (N-methyl/N-ethyl adjacent to an activating group) is 1. The first-order valence-electron chi connectivity index (χ1n) is 8.72. The molecule has 0 radical (unpaired) electrons. The van der Waals surface area contributed by atoms with Gasteiger partial charge in [-0.15, -0.1) is 0 Å². The number of aromatic nitrogens is 1. The number of amides is 1. The Morgan fingerprint density at radius 3 is 2.72 bits per heavy atom. The Labute approximate surface area is 149 Å². The number of methoxy groups -OCH3 is 1. The van der Waals surface area contributed by atoms with Gasteiger partial charge in [-0.2, -0.15) is 0 Å². The van der Waals surface area contributed by atoms with Crippen molar-refractivity contribution in [1.82, 2.24) is 14.8 Å². The Kier molecular flexibility index (Phi) is 5.66. The molecule has 3 rings (SSSR count). The molecule has 0 aliphatic carbocycles. The zero-order valence-corrected chi connectivity index (χ0v) is 14.9. The van der Waals surface area contributed by atoms with Crippen LogP contribution in [0.2, 0.25) is 0 Å². The van der Waals surface area contributed by atoms with Gasteiger partial charge in [-0.1, -0.05) is 18.2 Å². The third-order valence-corrected chi connectivity index (χ3v) is 4.64.